The Labute approximate surface area is 213 Å². The van der Waals surface area contributed by atoms with Crippen molar-refractivity contribution in [3.8, 4) is 11.5 Å². The molecule has 0 aromatic heterocycles. The molecule has 0 unspecified atom stereocenters. The number of phenolic OH excluding ortho intramolecular Hbond substituents is 2. The molecule has 0 saturated carbocycles. The Bertz CT molecular complexity index is 1530. The number of nitro groups is 1. The van der Waals surface area contributed by atoms with Gasteiger partial charge in [0.05, 0.1) is 22.2 Å². The standard InChI is InChI=1S/C26H20N2O10/c29-17-10-26(35,11-38-25(34)27-12-5-7-13(8-6-12)28(36)37)9-16-18(17)24(33)20-19(23(16)32)21(30)14-3-1-2-4-15(14)22(20)31/h1-8,17,29,32-33,35H,9-11H2,(H,27,34)/t17-,26+/m0/s1. The summed E-state index contributed by atoms with van der Waals surface area (Å²) in [5.41, 5.74) is -3.00. The number of aromatic hydroxyl groups is 2. The number of aliphatic hydroxyl groups is 2. The zero-order valence-electron chi connectivity index (χ0n) is 19.5. The number of nitrogens with zero attached hydrogens (tertiary/aromatic N) is 1. The lowest BCUT2D eigenvalue weighted by Gasteiger charge is -2.37. The Morgan fingerprint density at radius 1 is 1.03 bits per heavy atom. The van der Waals surface area contributed by atoms with E-state index in [-0.39, 0.29) is 33.6 Å². The summed E-state index contributed by atoms with van der Waals surface area (Å²) in [6, 6.07) is 10.9. The number of aliphatic hydroxyl groups excluding tert-OH is 1. The minimum absolute atomic E-state index is 0.0394. The summed E-state index contributed by atoms with van der Waals surface area (Å²) in [4.78, 5) is 48.6. The van der Waals surface area contributed by atoms with Gasteiger partial charge in [-0.3, -0.25) is 25.0 Å². The quantitative estimate of drug-likeness (QED) is 0.152. The van der Waals surface area contributed by atoms with E-state index < -0.39 is 76.4 Å². The zero-order chi connectivity index (χ0) is 27.4. The van der Waals surface area contributed by atoms with E-state index in [1.165, 1.54) is 36.4 Å². The van der Waals surface area contributed by atoms with Crippen molar-refractivity contribution in [1.29, 1.82) is 0 Å². The van der Waals surface area contributed by atoms with Gasteiger partial charge in [-0.05, 0) is 12.1 Å². The number of phenols is 2. The van der Waals surface area contributed by atoms with Crippen molar-refractivity contribution in [2.45, 2.75) is 24.5 Å². The third kappa shape index (κ3) is 4.01. The number of carbonyl (C=O) groups excluding carboxylic acids is 3. The van der Waals surface area contributed by atoms with Gasteiger partial charge in [-0.2, -0.15) is 0 Å². The van der Waals surface area contributed by atoms with Crippen molar-refractivity contribution in [2.75, 3.05) is 11.9 Å². The van der Waals surface area contributed by atoms with Crippen molar-refractivity contribution in [2.24, 2.45) is 0 Å². The average Bonchev–Trinajstić information content (AvgIpc) is 2.88. The number of rotatable bonds is 4. The summed E-state index contributed by atoms with van der Waals surface area (Å²) >= 11 is 0. The Balaban J connectivity index is 1.40. The fourth-order valence-corrected chi connectivity index (χ4v) is 4.91. The van der Waals surface area contributed by atoms with Gasteiger partial charge < -0.3 is 25.2 Å². The van der Waals surface area contributed by atoms with Crippen LogP contribution in [0, 0.1) is 10.1 Å². The first-order valence-electron chi connectivity index (χ1n) is 11.4. The lowest BCUT2D eigenvalue weighted by atomic mass is 9.73. The van der Waals surface area contributed by atoms with E-state index in [9.17, 15) is 44.9 Å². The van der Waals surface area contributed by atoms with Crippen LogP contribution in [-0.2, 0) is 11.2 Å². The lowest BCUT2D eigenvalue weighted by molar-refractivity contribution is -0.384. The van der Waals surface area contributed by atoms with Crippen LogP contribution in [0.15, 0.2) is 48.5 Å². The molecule has 2 atom stereocenters. The van der Waals surface area contributed by atoms with E-state index in [0.29, 0.717) is 0 Å². The zero-order valence-corrected chi connectivity index (χ0v) is 19.5. The number of nitrogens with one attached hydrogen (secondary N) is 1. The molecule has 2 aliphatic carbocycles. The van der Waals surface area contributed by atoms with Gasteiger partial charge in [0, 0.05) is 52.9 Å². The van der Waals surface area contributed by atoms with E-state index in [1.54, 1.807) is 12.1 Å². The summed E-state index contributed by atoms with van der Waals surface area (Å²) < 4.78 is 5.09. The Kier molecular flexibility index (Phi) is 5.85. The number of amides is 1. The predicted molar refractivity (Wildman–Crippen MR) is 129 cm³/mol. The third-order valence-electron chi connectivity index (χ3n) is 6.67. The summed E-state index contributed by atoms with van der Waals surface area (Å²) in [5, 5.41) is 57.0. The maximum Gasteiger partial charge on any atom is 0.411 e. The fraction of sp³-hybridized carbons (Fsp3) is 0.192. The summed E-state index contributed by atoms with van der Waals surface area (Å²) in [6.07, 6.45) is -3.40. The van der Waals surface area contributed by atoms with Crippen LogP contribution in [0.2, 0.25) is 0 Å². The highest BCUT2D eigenvalue weighted by Crippen LogP contribution is 2.50. The molecular weight excluding hydrogens is 500 g/mol. The van der Waals surface area contributed by atoms with Crippen molar-refractivity contribution in [3.63, 3.8) is 0 Å². The molecule has 0 bridgehead atoms. The second-order valence-electron chi connectivity index (χ2n) is 9.17. The average molecular weight is 520 g/mol. The van der Waals surface area contributed by atoms with Gasteiger partial charge >= 0.3 is 6.09 Å². The van der Waals surface area contributed by atoms with Crippen LogP contribution in [0.1, 0.15) is 55.5 Å². The highest BCUT2D eigenvalue weighted by Gasteiger charge is 2.45. The second-order valence-corrected chi connectivity index (χ2v) is 9.17. The minimum Gasteiger partial charge on any atom is -0.507 e. The highest BCUT2D eigenvalue weighted by atomic mass is 16.6. The first-order chi connectivity index (χ1) is 18.0. The maximum atomic E-state index is 13.1. The molecule has 3 aromatic rings. The molecule has 194 valence electrons. The van der Waals surface area contributed by atoms with E-state index in [4.69, 9.17) is 4.74 Å². The smallest absolute Gasteiger partial charge is 0.411 e. The van der Waals surface area contributed by atoms with Gasteiger partial charge in [0.25, 0.3) is 5.69 Å². The molecule has 0 fully saturated rings. The van der Waals surface area contributed by atoms with Crippen LogP contribution in [0.4, 0.5) is 16.2 Å². The first-order valence-corrected chi connectivity index (χ1v) is 11.4. The molecule has 0 aliphatic heterocycles. The van der Waals surface area contributed by atoms with Gasteiger partial charge in [0.1, 0.15) is 23.7 Å². The molecule has 5 rings (SSSR count). The maximum absolute atomic E-state index is 13.1. The molecule has 5 N–H and O–H groups in total. The number of anilines is 1. The Morgan fingerprint density at radius 2 is 1.61 bits per heavy atom. The molecule has 0 radical (unpaired) electrons. The molecular formula is C26H20N2O10. The first kappa shape index (κ1) is 24.9. The Hall–Kier alpha value is -4.81. The lowest BCUT2D eigenvalue weighted by Crippen LogP contribution is -2.43. The van der Waals surface area contributed by atoms with Crippen LogP contribution in [-0.4, -0.2) is 55.2 Å². The van der Waals surface area contributed by atoms with Gasteiger partial charge in [-0.25, -0.2) is 4.79 Å². The van der Waals surface area contributed by atoms with Crippen LogP contribution in [0.3, 0.4) is 0 Å². The molecule has 0 saturated heterocycles. The number of hydrogen-bond donors (Lipinski definition) is 5. The third-order valence-corrected chi connectivity index (χ3v) is 6.67. The molecule has 2 aliphatic rings. The Morgan fingerprint density at radius 3 is 2.18 bits per heavy atom. The number of benzene rings is 3. The van der Waals surface area contributed by atoms with Gasteiger partial charge in [0.2, 0.25) is 0 Å². The fourth-order valence-electron chi connectivity index (χ4n) is 4.91. The van der Waals surface area contributed by atoms with Crippen molar-refractivity contribution in [3.05, 3.63) is 92.0 Å². The largest absolute Gasteiger partial charge is 0.507 e. The summed E-state index contributed by atoms with van der Waals surface area (Å²) in [7, 11) is 0. The number of fused-ring (bicyclic) bond motifs is 3. The summed E-state index contributed by atoms with van der Waals surface area (Å²) in [6.45, 7) is -0.644. The van der Waals surface area contributed by atoms with Crippen LogP contribution in [0.5, 0.6) is 11.5 Å². The molecule has 0 spiro atoms. The van der Waals surface area contributed by atoms with E-state index in [2.05, 4.69) is 5.32 Å². The number of nitro benzene ring substituents is 1. The monoisotopic (exact) mass is 520 g/mol. The SMILES string of the molecule is O=C(Nc1ccc([N+](=O)[O-])cc1)OC[C@@]1(O)Cc2c(O)c3c(c(O)c2[C@@H](O)C1)C(=O)c1ccccc1C3=O. The van der Waals surface area contributed by atoms with Gasteiger partial charge in [0.15, 0.2) is 11.6 Å². The molecule has 1 amide bonds. The minimum atomic E-state index is -1.91. The number of non-ortho nitro benzene ring substituents is 1. The molecule has 0 heterocycles. The number of carbonyl (C=O) groups is 3. The van der Waals surface area contributed by atoms with Gasteiger partial charge in [-0.1, -0.05) is 24.3 Å². The van der Waals surface area contributed by atoms with Crippen molar-refractivity contribution in [1.82, 2.24) is 0 Å². The van der Waals surface area contributed by atoms with Gasteiger partial charge in [-0.15, -0.1) is 0 Å². The molecule has 38 heavy (non-hydrogen) atoms. The van der Waals surface area contributed by atoms with Crippen molar-refractivity contribution >= 4 is 29.0 Å². The number of ether oxygens (including phenoxy) is 1. The van der Waals surface area contributed by atoms with E-state index in [1.807, 2.05) is 0 Å². The van der Waals surface area contributed by atoms with Crippen LogP contribution in [0.25, 0.3) is 0 Å². The second kappa shape index (κ2) is 8.94. The predicted octanol–water partition coefficient (Wildman–Crippen LogP) is 2.74. The molecule has 3 aromatic carbocycles. The van der Waals surface area contributed by atoms with Crippen LogP contribution >= 0.6 is 0 Å². The van der Waals surface area contributed by atoms with E-state index in [0.717, 1.165) is 0 Å². The summed E-state index contributed by atoms with van der Waals surface area (Å²) in [5.74, 6) is -2.71. The number of ketones is 2. The van der Waals surface area contributed by atoms with Crippen LogP contribution < -0.4 is 5.32 Å². The number of hydrogen-bond acceptors (Lipinski definition) is 10. The highest BCUT2D eigenvalue weighted by molar-refractivity contribution is 6.30. The molecule has 12 heteroatoms. The van der Waals surface area contributed by atoms with Crippen molar-refractivity contribution < 1.29 is 44.5 Å². The molecule has 12 nitrogen and oxygen atoms in total. The van der Waals surface area contributed by atoms with E-state index >= 15 is 0 Å². The topological polar surface area (TPSA) is 197 Å². The normalized spacial score (nSPS) is 19.7.